The summed E-state index contributed by atoms with van der Waals surface area (Å²) in [6, 6.07) is 9.08. The van der Waals surface area contributed by atoms with Gasteiger partial charge in [-0.3, -0.25) is 0 Å². The molecule has 3 aromatic heterocycles. The molecule has 0 aliphatic rings. The van der Waals surface area contributed by atoms with Crippen LogP contribution in [0.2, 0.25) is 0 Å². The van der Waals surface area contributed by atoms with E-state index in [0.717, 1.165) is 22.3 Å². The number of aromatic nitrogens is 5. The van der Waals surface area contributed by atoms with Crippen molar-refractivity contribution in [3.8, 4) is 17.1 Å². The van der Waals surface area contributed by atoms with Crippen molar-refractivity contribution in [2.45, 2.75) is 13.3 Å². The minimum Gasteiger partial charge on any atom is -0.508 e. The highest BCUT2D eigenvalue weighted by molar-refractivity contribution is 5.75. The summed E-state index contributed by atoms with van der Waals surface area (Å²) in [7, 11) is 0. The van der Waals surface area contributed by atoms with Gasteiger partial charge in [0.15, 0.2) is 11.5 Å². The highest BCUT2D eigenvalue weighted by Gasteiger charge is 2.18. The summed E-state index contributed by atoms with van der Waals surface area (Å²) in [5, 5.41) is 21.4. The first-order valence-electron chi connectivity index (χ1n) is 7.32. The molecule has 0 bridgehead atoms. The lowest BCUT2D eigenvalue weighted by molar-refractivity contribution is 0.310. The molecule has 120 valence electrons. The lowest BCUT2D eigenvalue weighted by atomic mass is 10.1. The van der Waals surface area contributed by atoms with Crippen LogP contribution in [-0.2, 0) is 6.42 Å². The summed E-state index contributed by atoms with van der Waals surface area (Å²) < 4.78 is 6.32. The van der Waals surface area contributed by atoms with E-state index >= 15 is 0 Å². The fraction of sp³-hybridized carbons (Fsp3) is 0.125. The van der Waals surface area contributed by atoms with E-state index in [0.29, 0.717) is 17.8 Å². The second-order valence-electron chi connectivity index (χ2n) is 5.53. The third-order valence-electron chi connectivity index (χ3n) is 3.86. The quantitative estimate of drug-likeness (QED) is 0.592. The summed E-state index contributed by atoms with van der Waals surface area (Å²) in [5.41, 5.74) is 10.5. The first kappa shape index (κ1) is 14.2. The van der Waals surface area contributed by atoms with Crippen LogP contribution in [0.5, 0.6) is 5.75 Å². The van der Waals surface area contributed by atoms with E-state index in [1.165, 1.54) is 0 Å². The van der Waals surface area contributed by atoms with Gasteiger partial charge in [0.25, 0.3) is 0 Å². The molecule has 3 heterocycles. The first-order valence-corrected chi connectivity index (χ1v) is 7.32. The van der Waals surface area contributed by atoms with Crippen LogP contribution in [0, 0.1) is 6.92 Å². The van der Waals surface area contributed by atoms with Crippen LogP contribution < -0.4 is 5.73 Å². The number of anilines is 1. The molecule has 3 N–H and O–H groups in total. The SMILES string of the molecule is Cc1c(-c2nonc2N)nn2cnc(Cc3cccc(O)c3)cc12. The van der Waals surface area contributed by atoms with E-state index in [9.17, 15) is 5.11 Å². The topological polar surface area (TPSA) is 115 Å². The molecule has 0 unspecified atom stereocenters. The number of phenolic OH excluding ortho intramolecular Hbond substituents is 1. The summed E-state index contributed by atoms with van der Waals surface area (Å²) >= 11 is 0. The summed E-state index contributed by atoms with van der Waals surface area (Å²) in [6.45, 7) is 1.93. The zero-order chi connectivity index (χ0) is 16.7. The Morgan fingerprint density at radius 2 is 2.08 bits per heavy atom. The maximum absolute atomic E-state index is 9.57. The maximum atomic E-state index is 9.57. The van der Waals surface area contributed by atoms with Crippen molar-refractivity contribution >= 4 is 11.3 Å². The number of hydrogen-bond acceptors (Lipinski definition) is 7. The number of nitrogen functional groups attached to an aromatic ring is 1. The summed E-state index contributed by atoms with van der Waals surface area (Å²) in [4.78, 5) is 4.42. The molecule has 4 aromatic rings. The molecule has 4 rings (SSSR count). The van der Waals surface area contributed by atoms with Crippen molar-refractivity contribution < 1.29 is 9.74 Å². The molecular formula is C16H14N6O2. The van der Waals surface area contributed by atoms with Gasteiger partial charge in [0.2, 0.25) is 0 Å². The van der Waals surface area contributed by atoms with E-state index in [1.54, 1.807) is 23.0 Å². The number of hydrogen-bond donors (Lipinski definition) is 2. The Hall–Kier alpha value is -3.42. The zero-order valence-corrected chi connectivity index (χ0v) is 12.8. The molecule has 1 aromatic carbocycles. The second-order valence-corrected chi connectivity index (χ2v) is 5.53. The summed E-state index contributed by atoms with van der Waals surface area (Å²) in [6.07, 6.45) is 2.26. The molecule has 8 heteroatoms. The van der Waals surface area contributed by atoms with Gasteiger partial charge < -0.3 is 10.8 Å². The first-order chi connectivity index (χ1) is 11.6. The minimum atomic E-state index is 0.203. The molecule has 0 aliphatic heterocycles. The van der Waals surface area contributed by atoms with Gasteiger partial charge in [0.1, 0.15) is 17.8 Å². The van der Waals surface area contributed by atoms with Crippen LogP contribution in [0.3, 0.4) is 0 Å². The predicted molar refractivity (Wildman–Crippen MR) is 86.3 cm³/mol. The van der Waals surface area contributed by atoms with E-state index in [-0.39, 0.29) is 11.6 Å². The second kappa shape index (κ2) is 5.34. The van der Waals surface area contributed by atoms with Crippen molar-refractivity contribution in [2.24, 2.45) is 0 Å². The third kappa shape index (κ3) is 2.34. The number of nitrogens with two attached hydrogens (primary N) is 1. The van der Waals surface area contributed by atoms with Crippen LogP contribution >= 0.6 is 0 Å². The van der Waals surface area contributed by atoms with E-state index in [1.807, 2.05) is 25.1 Å². The van der Waals surface area contributed by atoms with Gasteiger partial charge in [0, 0.05) is 17.7 Å². The Morgan fingerprint density at radius 3 is 2.83 bits per heavy atom. The van der Waals surface area contributed by atoms with Crippen molar-refractivity contribution in [3.63, 3.8) is 0 Å². The molecule has 24 heavy (non-hydrogen) atoms. The van der Waals surface area contributed by atoms with E-state index in [4.69, 9.17) is 5.73 Å². The number of aromatic hydroxyl groups is 1. The average molecular weight is 322 g/mol. The molecule has 0 saturated heterocycles. The summed E-state index contributed by atoms with van der Waals surface area (Å²) in [5.74, 6) is 0.444. The normalized spacial score (nSPS) is 11.2. The van der Waals surface area contributed by atoms with Crippen molar-refractivity contribution in [3.05, 3.63) is 53.5 Å². The fourth-order valence-electron chi connectivity index (χ4n) is 2.67. The van der Waals surface area contributed by atoms with Gasteiger partial charge in [-0.15, -0.1) is 0 Å². The van der Waals surface area contributed by atoms with Crippen LogP contribution in [-0.4, -0.2) is 30.0 Å². The molecular weight excluding hydrogens is 308 g/mol. The number of phenols is 1. The standard InChI is InChI=1S/C16H14N6O2/c1-9-13-7-11(5-10-3-2-4-12(23)6-10)18-8-22(13)19-14(9)15-16(17)21-24-20-15/h2-4,6-8,23H,5H2,1H3,(H2,17,21). The van der Waals surface area contributed by atoms with Crippen LogP contribution in [0.25, 0.3) is 16.9 Å². The maximum Gasteiger partial charge on any atom is 0.198 e. The molecule has 0 saturated carbocycles. The lowest BCUT2D eigenvalue weighted by Crippen LogP contribution is -1.96. The lowest BCUT2D eigenvalue weighted by Gasteiger charge is -2.03. The third-order valence-corrected chi connectivity index (χ3v) is 3.86. The molecule has 0 atom stereocenters. The number of fused-ring (bicyclic) bond motifs is 1. The van der Waals surface area contributed by atoms with Crippen LogP contribution in [0.1, 0.15) is 16.8 Å². The number of benzene rings is 1. The van der Waals surface area contributed by atoms with Gasteiger partial charge in [-0.25, -0.2) is 14.1 Å². The highest BCUT2D eigenvalue weighted by Crippen LogP contribution is 2.27. The Labute approximate surface area is 136 Å². The zero-order valence-electron chi connectivity index (χ0n) is 12.8. The van der Waals surface area contributed by atoms with Gasteiger partial charge in [-0.2, -0.15) is 5.10 Å². The number of aryl methyl sites for hydroxylation is 1. The molecule has 8 nitrogen and oxygen atoms in total. The Bertz CT molecular complexity index is 1040. The van der Waals surface area contributed by atoms with Crippen molar-refractivity contribution in [2.75, 3.05) is 5.73 Å². The van der Waals surface area contributed by atoms with Gasteiger partial charge in [-0.1, -0.05) is 12.1 Å². The Morgan fingerprint density at radius 1 is 1.21 bits per heavy atom. The number of nitrogens with zero attached hydrogens (tertiary/aromatic N) is 5. The molecule has 0 amide bonds. The van der Waals surface area contributed by atoms with Crippen molar-refractivity contribution in [1.82, 2.24) is 24.9 Å². The minimum absolute atomic E-state index is 0.203. The largest absolute Gasteiger partial charge is 0.508 e. The van der Waals surface area contributed by atoms with Gasteiger partial charge >= 0.3 is 0 Å². The highest BCUT2D eigenvalue weighted by atomic mass is 16.6. The van der Waals surface area contributed by atoms with Crippen molar-refractivity contribution in [1.29, 1.82) is 0 Å². The van der Waals surface area contributed by atoms with Gasteiger partial charge in [0.05, 0.1) is 5.52 Å². The predicted octanol–water partition coefficient (Wildman–Crippen LogP) is 1.97. The van der Waals surface area contributed by atoms with Crippen LogP contribution in [0.4, 0.5) is 5.82 Å². The smallest absolute Gasteiger partial charge is 0.198 e. The van der Waals surface area contributed by atoms with E-state index in [2.05, 4.69) is 25.0 Å². The monoisotopic (exact) mass is 322 g/mol. The van der Waals surface area contributed by atoms with Crippen LogP contribution in [0.15, 0.2) is 41.3 Å². The average Bonchev–Trinajstić information content (AvgIpc) is 3.11. The fourth-order valence-corrected chi connectivity index (χ4v) is 2.67. The number of rotatable bonds is 3. The molecule has 0 aliphatic carbocycles. The molecule has 0 fully saturated rings. The Kier molecular flexibility index (Phi) is 3.16. The van der Waals surface area contributed by atoms with Gasteiger partial charge in [-0.05, 0) is 41.0 Å². The molecule has 0 spiro atoms. The van der Waals surface area contributed by atoms with E-state index < -0.39 is 0 Å². The Balaban J connectivity index is 1.76. The molecule has 0 radical (unpaired) electrons.